The normalized spacial score (nSPS) is 11.4. The van der Waals surface area contributed by atoms with Gasteiger partial charge in [0.05, 0.1) is 10.5 Å². The van der Waals surface area contributed by atoms with Crippen LogP contribution in [0.4, 0.5) is 11.5 Å². The van der Waals surface area contributed by atoms with Crippen molar-refractivity contribution in [2.24, 2.45) is 0 Å². The van der Waals surface area contributed by atoms with Crippen LogP contribution in [-0.4, -0.2) is 50.4 Å². The van der Waals surface area contributed by atoms with E-state index in [1.807, 2.05) is 32.3 Å². The average Bonchev–Trinajstić information content (AvgIpc) is 3.13. The van der Waals surface area contributed by atoms with E-state index in [-0.39, 0.29) is 17.4 Å². The minimum absolute atomic E-state index is 0.0295. The molecule has 2 aromatic heterocycles. The van der Waals surface area contributed by atoms with Gasteiger partial charge in [0.15, 0.2) is 0 Å². The van der Waals surface area contributed by atoms with Gasteiger partial charge in [-0.2, -0.15) is 0 Å². The Morgan fingerprint density at radius 1 is 1.06 bits per heavy atom. The van der Waals surface area contributed by atoms with Crippen LogP contribution in [0.3, 0.4) is 0 Å². The van der Waals surface area contributed by atoms with Crippen LogP contribution in [0.5, 0.6) is 5.75 Å². The molecule has 4 aromatic rings. The van der Waals surface area contributed by atoms with E-state index in [1.54, 1.807) is 12.1 Å². The largest absolute Gasteiger partial charge is 0.506 e. The zero-order valence-electron chi connectivity index (χ0n) is 17.4. The number of aliphatic hydroxyl groups excluding tert-OH is 1. The van der Waals surface area contributed by atoms with Crippen LogP contribution in [0.2, 0.25) is 5.02 Å². The number of hydrogen-bond donors (Lipinski definition) is 3. The lowest BCUT2D eigenvalue weighted by atomic mass is 10.1. The third-order valence-electron chi connectivity index (χ3n) is 5.00. The molecule has 4 rings (SSSR count). The number of aliphatic hydroxyl groups is 1. The summed E-state index contributed by atoms with van der Waals surface area (Å²) in [6.07, 6.45) is 6.29. The molecule has 0 saturated carbocycles. The number of hydrogen-bond acceptors (Lipinski definition) is 6. The molecule has 160 valence electrons. The molecule has 0 bridgehead atoms. The van der Waals surface area contributed by atoms with Crippen molar-refractivity contribution < 1.29 is 10.2 Å². The van der Waals surface area contributed by atoms with Crippen LogP contribution >= 0.6 is 11.6 Å². The van der Waals surface area contributed by atoms with Gasteiger partial charge in [-0.05, 0) is 68.0 Å². The maximum absolute atomic E-state index is 9.65. The molecule has 0 radical (unpaired) electrons. The van der Waals surface area contributed by atoms with Gasteiger partial charge in [-0.25, -0.2) is 9.97 Å². The summed E-state index contributed by atoms with van der Waals surface area (Å²) in [6.45, 7) is 0.909. The number of benzene rings is 2. The molecule has 8 heteroatoms. The fraction of sp³-hybridized carbons (Fsp3) is 0.217. The van der Waals surface area contributed by atoms with Gasteiger partial charge in [-0.3, -0.25) is 0 Å². The van der Waals surface area contributed by atoms with Gasteiger partial charge in [0.25, 0.3) is 0 Å². The predicted octanol–water partition coefficient (Wildman–Crippen LogP) is 4.12. The minimum atomic E-state index is 0.0295. The molecular formula is C23H24ClN5O2. The van der Waals surface area contributed by atoms with Crippen LogP contribution in [0.15, 0.2) is 55.1 Å². The second-order valence-electron chi connectivity index (χ2n) is 7.64. The Morgan fingerprint density at radius 3 is 2.61 bits per heavy atom. The maximum atomic E-state index is 9.65. The van der Waals surface area contributed by atoms with Crippen LogP contribution in [0.1, 0.15) is 11.1 Å². The van der Waals surface area contributed by atoms with Crippen LogP contribution in [0, 0.1) is 0 Å². The summed E-state index contributed by atoms with van der Waals surface area (Å²) in [5.41, 5.74) is 4.80. The van der Waals surface area contributed by atoms with E-state index in [0.29, 0.717) is 17.9 Å². The van der Waals surface area contributed by atoms with E-state index in [2.05, 4.69) is 37.1 Å². The van der Waals surface area contributed by atoms with E-state index < -0.39 is 0 Å². The van der Waals surface area contributed by atoms with E-state index in [0.717, 1.165) is 28.7 Å². The highest BCUT2D eigenvalue weighted by atomic mass is 35.5. The number of aromatic hydroxyl groups is 1. The highest BCUT2D eigenvalue weighted by Crippen LogP contribution is 2.30. The van der Waals surface area contributed by atoms with E-state index in [9.17, 15) is 10.2 Å². The topological polar surface area (TPSA) is 86.4 Å². The first kappa shape index (κ1) is 21.1. The Kier molecular flexibility index (Phi) is 6.08. The van der Waals surface area contributed by atoms with E-state index in [4.69, 9.17) is 11.6 Å². The zero-order chi connectivity index (χ0) is 22.0. The van der Waals surface area contributed by atoms with E-state index >= 15 is 0 Å². The quantitative estimate of drug-likeness (QED) is 0.377. The molecule has 0 fully saturated rings. The highest BCUT2D eigenvalue weighted by molar-refractivity contribution is 6.32. The Morgan fingerprint density at radius 2 is 1.87 bits per heavy atom. The van der Waals surface area contributed by atoms with Crippen molar-refractivity contribution >= 4 is 34.0 Å². The summed E-state index contributed by atoms with van der Waals surface area (Å²) in [5, 5.41) is 23.5. The van der Waals surface area contributed by atoms with Crippen LogP contribution in [-0.2, 0) is 13.0 Å². The second-order valence-corrected chi connectivity index (χ2v) is 8.05. The molecule has 0 unspecified atom stereocenters. The third kappa shape index (κ3) is 4.64. The number of anilines is 2. The molecule has 31 heavy (non-hydrogen) atoms. The standard InChI is InChI=1S/C23H24ClN5O2/c1-28(2)11-16-13-29(12-15(16)7-8-30)18-4-5-21-19(10-18)23(26-14-25-21)27-17-3-6-22(31)20(24)9-17/h3-6,9-10,12-14,30-31H,7-8,11H2,1-2H3,(H,25,26,27). The second kappa shape index (κ2) is 8.93. The molecule has 2 heterocycles. The van der Waals surface area contributed by atoms with E-state index in [1.165, 1.54) is 18.0 Å². The predicted molar refractivity (Wildman–Crippen MR) is 123 cm³/mol. The summed E-state index contributed by atoms with van der Waals surface area (Å²) in [6, 6.07) is 10.9. The lowest BCUT2D eigenvalue weighted by Gasteiger charge is -2.11. The van der Waals surface area contributed by atoms with Crippen molar-refractivity contribution in [2.75, 3.05) is 26.0 Å². The van der Waals surface area contributed by atoms with Gasteiger partial charge in [-0.15, -0.1) is 0 Å². The molecule has 0 atom stereocenters. The number of rotatable bonds is 7. The third-order valence-corrected chi connectivity index (χ3v) is 5.30. The summed E-state index contributed by atoms with van der Waals surface area (Å²) in [4.78, 5) is 10.9. The molecule has 0 saturated heterocycles. The Hall–Kier alpha value is -3.13. The van der Waals surface area contributed by atoms with Crippen LogP contribution in [0.25, 0.3) is 16.6 Å². The molecule has 7 nitrogen and oxygen atoms in total. The molecule has 0 aliphatic heterocycles. The van der Waals surface area contributed by atoms with Crippen molar-refractivity contribution in [3.8, 4) is 11.4 Å². The summed E-state index contributed by atoms with van der Waals surface area (Å²) < 4.78 is 2.07. The van der Waals surface area contributed by atoms with Gasteiger partial charge in [0.1, 0.15) is 17.9 Å². The van der Waals surface area contributed by atoms with Crippen molar-refractivity contribution in [1.29, 1.82) is 0 Å². The first-order valence-electron chi connectivity index (χ1n) is 9.90. The van der Waals surface area contributed by atoms with Crippen molar-refractivity contribution in [3.05, 3.63) is 71.3 Å². The Labute approximate surface area is 185 Å². The number of halogens is 1. The lowest BCUT2D eigenvalue weighted by molar-refractivity contribution is 0.298. The fourth-order valence-corrected chi connectivity index (χ4v) is 3.72. The van der Waals surface area contributed by atoms with Crippen molar-refractivity contribution in [1.82, 2.24) is 19.4 Å². The van der Waals surface area contributed by atoms with Gasteiger partial charge in [0.2, 0.25) is 0 Å². The van der Waals surface area contributed by atoms with Crippen molar-refractivity contribution in [3.63, 3.8) is 0 Å². The number of phenolic OH excluding ortho intramolecular Hbond substituents is 1. The Bertz CT molecular complexity index is 1220. The highest BCUT2D eigenvalue weighted by Gasteiger charge is 2.11. The van der Waals surface area contributed by atoms with Gasteiger partial charge in [0, 0.05) is 42.3 Å². The SMILES string of the molecule is CN(C)Cc1cn(-c2ccc3ncnc(Nc4ccc(O)c(Cl)c4)c3c2)cc1CCO. The lowest BCUT2D eigenvalue weighted by Crippen LogP contribution is -2.11. The van der Waals surface area contributed by atoms with Crippen LogP contribution < -0.4 is 5.32 Å². The molecule has 2 aromatic carbocycles. The number of nitrogens with zero attached hydrogens (tertiary/aromatic N) is 4. The molecule has 3 N–H and O–H groups in total. The first-order valence-corrected chi connectivity index (χ1v) is 10.3. The fourth-order valence-electron chi connectivity index (χ4n) is 3.54. The monoisotopic (exact) mass is 437 g/mol. The number of fused-ring (bicyclic) bond motifs is 1. The minimum Gasteiger partial charge on any atom is -0.506 e. The van der Waals surface area contributed by atoms with Crippen molar-refractivity contribution in [2.45, 2.75) is 13.0 Å². The first-order chi connectivity index (χ1) is 14.9. The molecule has 0 aliphatic carbocycles. The van der Waals surface area contributed by atoms with Gasteiger partial charge >= 0.3 is 0 Å². The summed E-state index contributed by atoms with van der Waals surface area (Å²) in [5.74, 6) is 0.673. The van der Waals surface area contributed by atoms with Gasteiger partial charge in [-0.1, -0.05) is 11.6 Å². The summed E-state index contributed by atoms with van der Waals surface area (Å²) in [7, 11) is 4.06. The zero-order valence-corrected chi connectivity index (χ0v) is 18.1. The number of nitrogens with one attached hydrogen (secondary N) is 1. The molecule has 0 aliphatic rings. The molecular weight excluding hydrogens is 414 g/mol. The van der Waals surface area contributed by atoms with Gasteiger partial charge < -0.3 is 25.0 Å². The smallest absolute Gasteiger partial charge is 0.141 e. The average molecular weight is 438 g/mol. The summed E-state index contributed by atoms with van der Waals surface area (Å²) >= 11 is 6.03. The maximum Gasteiger partial charge on any atom is 0.141 e. The Balaban J connectivity index is 1.73. The number of aromatic nitrogens is 3. The molecule has 0 spiro atoms. The number of phenols is 1. The molecule has 0 amide bonds.